The average Bonchev–Trinajstić information content (AvgIpc) is 2.59. The molecule has 2 amide bonds. The molecule has 1 aliphatic rings. The Hall–Kier alpha value is -1.88. The lowest BCUT2D eigenvalue weighted by molar-refractivity contribution is 0.0802. The fourth-order valence-electron chi connectivity index (χ4n) is 2.76. The van der Waals surface area contributed by atoms with E-state index in [-0.39, 0.29) is 17.2 Å². The summed E-state index contributed by atoms with van der Waals surface area (Å²) in [6.45, 7) is 7.44. The van der Waals surface area contributed by atoms with Gasteiger partial charge in [0.2, 0.25) is 0 Å². The van der Waals surface area contributed by atoms with Gasteiger partial charge in [0, 0.05) is 31.3 Å². The fraction of sp³-hybridized carbons (Fsp3) is 0.556. The van der Waals surface area contributed by atoms with Crippen LogP contribution in [0.5, 0.6) is 0 Å². The van der Waals surface area contributed by atoms with Crippen molar-refractivity contribution in [2.24, 2.45) is 5.41 Å². The van der Waals surface area contributed by atoms with E-state index in [0.717, 1.165) is 25.9 Å². The molecule has 0 aromatic heterocycles. The van der Waals surface area contributed by atoms with Crippen LogP contribution in [0.15, 0.2) is 24.3 Å². The number of hydrogen-bond donors (Lipinski definition) is 2. The van der Waals surface area contributed by atoms with Crippen molar-refractivity contribution >= 4 is 11.8 Å². The van der Waals surface area contributed by atoms with Crippen molar-refractivity contribution < 1.29 is 9.59 Å². The zero-order chi connectivity index (χ0) is 16.9. The summed E-state index contributed by atoms with van der Waals surface area (Å²) < 4.78 is 0. The van der Waals surface area contributed by atoms with Gasteiger partial charge in [-0.2, -0.15) is 0 Å². The molecule has 0 bridgehead atoms. The molecule has 126 valence electrons. The lowest BCUT2D eigenvalue weighted by atomic mass is 9.81. The van der Waals surface area contributed by atoms with Crippen LogP contribution >= 0.6 is 0 Å². The molecule has 0 aliphatic carbocycles. The molecule has 2 rings (SSSR count). The molecule has 5 nitrogen and oxygen atoms in total. The third-order valence-electron chi connectivity index (χ3n) is 4.68. The van der Waals surface area contributed by atoms with E-state index in [4.69, 9.17) is 0 Å². The minimum atomic E-state index is -0.112. The van der Waals surface area contributed by atoms with Gasteiger partial charge in [-0.25, -0.2) is 0 Å². The van der Waals surface area contributed by atoms with E-state index >= 15 is 0 Å². The zero-order valence-electron chi connectivity index (χ0n) is 14.3. The van der Waals surface area contributed by atoms with Crippen molar-refractivity contribution in [1.29, 1.82) is 0 Å². The van der Waals surface area contributed by atoms with Gasteiger partial charge in [0.15, 0.2) is 0 Å². The van der Waals surface area contributed by atoms with Crippen molar-refractivity contribution in [1.82, 2.24) is 15.5 Å². The topological polar surface area (TPSA) is 61.4 Å². The van der Waals surface area contributed by atoms with E-state index in [2.05, 4.69) is 17.6 Å². The summed E-state index contributed by atoms with van der Waals surface area (Å²) in [7, 11) is 1.76. The summed E-state index contributed by atoms with van der Waals surface area (Å²) in [5, 5.41) is 6.37. The number of benzene rings is 1. The standard InChI is InChI=1S/C18H27N3O2/c1-4-21(3)17(23)15-7-5-6-14(12-15)16(22)20-13-18(2)8-10-19-11-9-18/h5-7,12,19H,4,8-11,13H2,1-3H3,(H,20,22). The molecular weight excluding hydrogens is 290 g/mol. The van der Waals surface area contributed by atoms with Gasteiger partial charge >= 0.3 is 0 Å². The SMILES string of the molecule is CCN(C)C(=O)c1cccc(C(=O)NCC2(C)CCNCC2)c1. The van der Waals surface area contributed by atoms with Crippen molar-refractivity contribution in [3.63, 3.8) is 0 Å². The van der Waals surface area contributed by atoms with Gasteiger partial charge < -0.3 is 15.5 Å². The maximum Gasteiger partial charge on any atom is 0.253 e. The predicted octanol–water partition coefficient (Wildman–Crippen LogP) is 1.90. The van der Waals surface area contributed by atoms with Gasteiger partial charge in [-0.3, -0.25) is 9.59 Å². The maximum absolute atomic E-state index is 12.4. The van der Waals surface area contributed by atoms with Crippen LogP contribution < -0.4 is 10.6 Å². The monoisotopic (exact) mass is 317 g/mol. The molecule has 23 heavy (non-hydrogen) atoms. The summed E-state index contributed by atoms with van der Waals surface area (Å²) in [5.41, 5.74) is 1.24. The number of piperidine rings is 1. The summed E-state index contributed by atoms with van der Waals surface area (Å²) >= 11 is 0. The quantitative estimate of drug-likeness (QED) is 0.872. The third kappa shape index (κ3) is 4.55. The number of carbonyl (C=O) groups excluding carboxylic acids is 2. The summed E-state index contributed by atoms with van der Waals surface area (Å²) in [5.74, 6) is -0.175. The van der Waals surface area contributed by atoms with Crippen LogP contribution in [-0.2, 0) is 0 Å². The molecule has 2 N–H and O–H groups in total. The van der Waals surface area contributed by atoms with E-state index in [0.29, 0.717) is 24.2 Å². The van der Waals surface area contributed by atoms with Crippen molar-refractivity contribution in [2.45, 2.75) is 26.7 Å². The Balaban J connectivity index is 2.01. The minimum Gasteiger partial charge on any atom is -0.351 e. The molecule has 1 saturated heterocycles. The largest absolute Gasteiger partial charge is 0.351 e. The highest BCUT2D eigenvalue weighted by atomic mass is 16.2. The van der Waals surface area contributed by atoms with Crippen LogP contribution in [0.3, 0.4) is 0 Å². The Kier molecular flexibility index (Phi) is 5.77. The van der Waals surface area contributed by atoms with Gasteiger partial charge in [0.25, 0.3) is 11.8 Å². The first-order valence-corrected chi connectivity index (χ1v) is 8.30. The van der Waals surface area contributed by atoms with E-state index in [1.807, 2.05) is 6.92 Å². The van der Waals surface area contributed by atoms with E-state index < -0.39 is 0 Å². The number of rotatable bonds is 5. The van der Waals surface area contributed by atoms with Gasteiger partial charge in [-0.15, -0.1) is 0 Å². The molecule has 0 saturated carbocycles. The van der Waals surface area contributed by atoms with Crippen LogP contribution in [0.25, 0.3) is 0 Å². The first-order valence-electron chi connectivity index (χ1n) is 8.30. The van der Waals surface area contributed by atoms with E-state index in [9.17, 15) is 9.59 Å². The van der Waals surface area contributed by atoms with Crippen molar-refractivity contribution in [2.75, 3.05) is 33.2 Å². The molecule has 0 radical (unpaired) electrons. The highest BCUT2D eigenvalue weighted by molar-refractivity contribution is 5.99. The zero-order valence-corrected chi connectivity index (χ0v) is 14.3. The van der Waals surface area contributed by atoms with Crippen LogP contribution in [-0.4, -0.2) is 49.9 Å². The fourth-order valence-corrected chi connectivity index (χ4v) is 2.76. The van der Waals surface area contributed by atoms with Crippen LogP contribution in [0, 0.1) is 5.41 Å². The second kappa shape index (κ2) is 7.59. The van der Waals surface area contributed by atoms with Crippen LogP contribution in [0.4, 0.5) is 0 Å². The van der Waals surface area contributed by atoms with Gasteiger partial charge in [0.05, 0.1) is 0 Å². The van der Waals surface area contributed by atoms with E-state index in [1.165, 1.54) is 0 Å². The number of amides is 2. The lowest BCUT2D eigenvalue weighted by Gasteiger charge is -2.34. The molecular formula is C18H27N3O2. The number of nitrogens with one attached hydrogen (secondary N) is 2. The van der Waals surface area contributed by atoms with Gasteiger partial charge in [-0.1, -0.05) is 13.0 Å². The summed E-state index contributed by atoms with van der Waals surface area (Å²) in [6.07, 6.45) is 2.13. The second-order valence-electron chi connectivity index (χ2n) is 6.64. The molecule has 1 aliphatic heterocycles. The molecule has 1 aromatic rings. The molecule has 5 heteroatoms. The Labute approximate surface area is 138 Å². The molecule has 1 aromatic carbocycles. The first-order chi connectivity index (χ1) is 10.9. The minimum absolute atomic E-state index is 0.0625. The normalized spacial score (nSPS) is 16.7. The Bertz CT molecular complexity index is 565. The highest BCUT2D eigenvalue weighted by Gasteiger charge is 2.27. The second-order valence-corrected chi connectivity index (χ2v) is 6.64. The molecule has 0 spiro atoms. The van der Waals surface area contributed by atoms with Crippen LogP contribution in [0.2, 0.25) is 0 Å². The molecule has 1 heterocycles. The maximum atomic E-state index is 12.4. The van der Waals surface area contributed by atoms with E-state index in [1.54, 1.807) is 36.2 Å². The molecule has 1 fully saturated rings. The van der Waals surface area contributed by atoms with Crippen LogP contribution in [0.1, 0.15) is 47.4 Å². The predicted molar refractivity (Wildman–Crippen MR) is 91.6 cm³/mol. The first kappa shape index (κ1) is 17.5. The van der Waals surface area contributed by atoms with Gasteiger partial charge in [0.1, 0.15) is 0 Å². The molecule has 0 unspecified atom stereocenters. The van der Waals surface area contributed by atoms with Crippen molar-refractivity contribution in [3.05, 3.63) is 35.4 Å². The summed E-state index contributed by atoms with van der Waals surface area (Å²) in [4.78, 5) is 26.2. The average molecular weight is 317 g/mol. The lowest BCUT2D eigenvalue weighted by Crippen LogP contribution is -2.42. The Morgan fingerprint density at radius 3 is 2.57 bits per heavy atom. The smallest absolute Gasteiger partial charge is 0.253 e. The highest BCUT2D eigenvalue weighted by Crippen LogP contribution is 2.26. The Morgan fingerprint density at radius 1 is 1.26 bits per heavy atom. The van der Waals surface area contributed by atoms with Gasteiger partial charge in [-0.05, 0) is 56.5 Å². The number of hydrogen-bond acceptors (Lipinski definition) is 3. The third-order valence-corrected chi connectivity index (χ3v) is 4.68. The molecule has 0 atom stereocenters. The summed E-state index contributed by atoms with van der Waals surface area (Å²) in [6, 6.07) is 6.94. The van der Waals surface area contributed by atoms with Crippen molar-refractivity contribution in [3.8, 4) is 0 Å². The number of nitrogens with zero attached hydrogens (tertiary/aromatic N) is 1. The Morgan fingerprint density at radius 2 is 1.91 bits per heavy atom. The number of carbonyl (C=O) groups is 2.